The van der Waals surface area contributed by atoms with Gasteiger partial charge in [-0.05, 0) is 0 Å². The van der Waals surface area contributed by atoms with Gasteiger partial charge in [0, 0.05) is 0 Å². The van der Waals surface area contributed by atoms with Crippen LogP contribution in [0.5, 0.6) is 5.75 Å². The molecule has 1 aromatic heterocycles. The second kappa shape index (κ2) is 11.5. The van der Waals surface area contributed by atoms with Crippen molar-refractivity contribution in [2.75, 3.05) is 12.4 Å². The van der Waals surface area contributed by atoms with Crippen LogP contribution in [0.25, 0.3) is 0 Å². The van der Waals surface area contributed by atoms with Gasteiger partial charge in [0.2, 0.25) is 0 Å². The number of halogens is 1. The second-order valence-corrected chi connectivity index (χ2v) is 11.7. The van der Waals surface area contributed by atoms with E-state index in [0.29, 0.717) is 15.6 Å². The minimum absolute atomic E-state index is 0.180. The number of benzene rings is 2. The summed E-state index contributed by atoms with van der Waals surface area (Å²) in [4.78, 5) is 24.9. The van der Waals surface area contributed by atoms with Gasteiger partial charge in [0.25, 0.3) is 0 Å². The van der Waals surface area contributed by atoms with Gasteiger partial charge in [0.1, 0.15) is 0 Å². The van der Waals surface area contributed by atoms with Crippen molar-refractivity contribution in [2.45, 2.75) is 40.4 Å². The molecule has 3 aromatic rings. The predicted molar refractivity (Wildman–Crippen MR) is 143 cm³/mol. The van der Waals surface area contributed by atoms with E-state index in [-0.39, 0.29) is 18.7 Å². The summed E-state index contributed by atoms with van der Waals surface area (Å²) >= 11 is 9.01. The topological polar surface area (TPSA) is 73.9 Å². The molecule has 0 fully saturated rings. The first kappa shape index (κ1) is 27.1. The summed E-state index contributed by atoms with van der Waals surface area (Å²) in [6.07, 6.45) is -0.375. The summed E-state index contributed by atoms with van der Waals surface area (Å²) < 4.78 is 17.6. The van der Waals surface area contributed by atoms with Gasteiger partial charge in [-0.15, -0.1) is 0 Å². The molecule has 0 saturated heterocycles. The molecule has 0 aliphatic rings. The van der Waals surface area contributed by atoms with E-state index >= 15 is 0 Å². The molecule has 2 atom stereocenters. The van der Waals surface area contributed by atoms with E-state index in [4.69, 9.17) is 25.8 Å². The van der Waals surface area contributed by atoms with E-state index in [1.54, 1.807) is 12.1 Å². The Bertz CT molecular complexity index is 1220. The first-order valence-electron chi connectivity index (χ1n) is 11.0. The molecule has 0 amide bonds. The minimum atomic E-state index is -0.562. The zero-order valence-corrected chi connectivity index (χ0v) is 24.3. The molecule has 0 radical (unpaired) electrons. The molecule has 9 heteroatoms. The molecule has 0 bridgehead atoms. The molecule has 186 valence electrons. The Labute approximate surface area is 223 Å². The summed E-state index contributed by atoms with van der Waals surface area (Å²) in [7, 11) is 1.34. The fourth-order valence-electron chi connectivity index (χ4n) is 3.12. The van der Waals surface area contributed by atoms with Crippen molar-refractivity contribution in [1.29, 1.82) is 0 Å². The van der Waals surface area contributed by atoms with Crippen LogP contribution >= 0.6 is 22.9 Å². The number of rotatable bonds is 8. The van der Waals surface area contributed by atoms with Gasteiger partial charge in [0.05, 0.1) is 0 Å². The van der Waals surface area contributed by atoms with Gasteiger partial charge < -0.3 is 0 Å². The number of hydrogen-bond acceptors (Lipinski definition) is 7. The molecule has 1 heterocycles. The number of thiophene rings is 1. The number of carbonyl (C=O) groups is 2. The van der Waals surface area contributed by atoms with Crippen molar-refractivity contribution in [3.63, 3.8) is 0 Å². The number of methoxy groups -OCH3 is 1. The first-order chi connectivity index (χ1) is 16.5. The molecule has 0 aliphatic carbocycles. The molecule has 35 heavy (non-hydrogen) atoms. The quantitative estimate of drug-likeness (QED) is 0.285. The van der Waals surface area contributed by atoms with Crippen molar-refractivity contribution < 1.29 is 23.8 Å². The summed E-state index contributed by atoms with van der Waals surface area (Å²) in [6, 6.07) is 15.1. The third-order valence-corrected chi connectivity index (χ3v) is 7.49. The van der Waals surface area contributed by atoms with E-state index < -0.39 is 11.4 Å². The molecule has 6 nitrogen and oxygen atoms in total. The first-order valence-corrected chi connectivity index (χ1v) is 13.4. The fourth-order valence-corrected chi connectivity index (χ4v) is 4.86. The summed E-state index contributed by atoms with van der Waals surface area (Å²) in [5.74, 6) is -0.324. The third kappa shape index (κ3) is 7.03. The van der Waals surface area contributed by atoms with Gasteiger partial charge >= 0.3 is 224 Å². The monoisotopic (exact) mass is 577 g/mol. The van der Waals surface area contributed by atoms with Crippen molar-refractivity contribution >= 4 is 66.8 Å². The van der Waals surface area contributed by atoms with Crippen LogP contribution in [0.15, 0.2) is 48.5 Å². The average molecular weight is 578 g/mol. The normalized spacial score (nSPS) is 12.1. The Morgan fingerprint density at radius 1 is 1.14 bits per heavy atom. The molecule has 0 spiro atoms. The van der Waals surface area contributed by atoms with Gasteiger partial charge in [-0.2, -0.15) is 0 Å². The number of anilines is 2. The van der Waals surface area contributed by atoms with Crippen LogP contribution in [0.1, 0.15) is 54.6 Å². The summed E-state index contributed by atoms with van der Waals surface area (Å²) in [5, 5.41) is 4.68. The van der Waals surface area contributed by atoms with Gasteiger partial charge in [-0.1, -0.05) is 0 Å². The van der Waals surface area contributed by atoms with E-state index in [1.807, 2.05) is 64.1 Å². The molecule has 1 unspecified atom stereocenters. The Hall–Kier alpha value is -2.47. The third-order valence-electron chi connectivity index (χ3n) is 5.07. The summed E-state index contributed by atoms with van der Waals surface area (Å²) in [5.41, 5.74) is 1.98. The molecule has 3 rings (SSSR count). The zero-order chi connectivity index (χ0) is 25.8. The standard InChI is InChI=1S/C26H29AsClNO5S/c1-15(17-8-6-7-9-19(17)28)34-21-13-22(35-23(21)24(30)32-5)29-20-12-16(10-11-18(20)27)14-33-25(31)26(2,3)4/h6-13,15,29H,14,27H2,1-5H3/t15-/m1/s1. The predicted octanol–water partition coefficient (Wildman–Crippen LogP) is 5.42. The maximum absolute atomic E-state index is 12.4. The number of carbonyl (C=O) groups excluding carboxylic acids is 2. The summed E-state index contributed by atoms with van der Waals surface area (Å²) in [6.45, 7) is 7.52. The van der Waals surface area contributed by atoms with Gasteiger partial charge in [-0.3, -0.25) is 0 Å². The molecular formula is C26H29AsClNO5S. The van der Waals surface area contributed by atoms with Crippen molar-refractivity contribution in [1.82, 2.24) is 0 Å². The zero-order valence-electron chi connectivity index (χ0n) is 20.3. The Kier molecular flexibility index (Phi) is 8.92. The van der Waals surface area contributed by atoms with Gasteiger partial charge in [0.15, 0.2) is 0 Å². The Morgan fingerprint density at radius 2 is 1.86 bits per heavy atom. The van der Waals surface area contributed by atoms with Crippen LogP contribution in [-0.4, -0.2) is 35.9 Å². The van der Waals surface area contributed by atoms with Crippen LogP contribution in [0.4, 0.5) is 10.7 Å². The fraction of sp³-hybridized carbons (Fsp3) is 0.308. The number of nitrogens with one attached hydrogen (secondary N) is 1. The molecule has 1 N–H and O–H groups in total. The Balaban J connectivity index is 1.83. The van der Waals surface area contributed by atoms with E-state index in [2.05, 4.69) is 5.32 Å². The maximum atomic E-state index is 12.4. The average Bonchev–Trinajstić information content (AvgIpc) is 3.20. The SMILES string of the molecule is COC(=O)c1sc(Nc2cc(COC(=O)C(C)(C)C)ccc2[AsH2])cc1O[C@H](C)c1ccccc1Cl. The van der Waals surface area contributed by atoms with E-state index in [9.17, 15) is 9.59 Å². The van der Waals surface area contributed by atoms with Crippen LogP contribution in [0.2, 0.25) is 5.02 Å². The second-order valence-electron chi connectivity index (χ2n) is 8.95. The van der Waals surface area contributed by atoms with Crippen molar-refractivity contribution in [2.24, 2.45) is 5.41 Å². The van der Waals surface area contributed by atoms with Crippen molar-refractivity contribution in [3.8, 4) is 5.75 Å². The van der Waals surface area contributed by atoms with Crippen LogP contribution < -0.4 is 14.4 Å². The molecule has 0 saturated carbocycles. The van der Waals surface area contributed by atoms with Gasteiger partial charge in [-0.25, -0.2) is 0 Å². The van der Waals surface area contributed by atoms with Crippen LogP contribution in [0, 0.1) is 5.41 Å². The Morgan fingerprint density at radius 3 is 2.51 bits per heavy atom. The van der Waals surface area contributed by atoms with Crippen LogP contribution in [0.3, 0.4) is 0 Å². The van der Waals surface area contributed by atoms with Crippen molar-refractivity contribution in [3.05, 3.63) is 69.6 Å². The number of hydrogen-bond donors (Lipinski definition) is 1. The molecular weight excluding hydrogens is 549 g/mol. The van der Waals surface area contributed by atoms with Crippen LogP contribution in [-0.2, 0) is 20.9 Å². The molecule has 2 aromatic carbocycles. The number of ether oxygens (including phenoxy) is 3. The van der Waals surface area contributed by atoms with E-state index in [0.717, 1.165) is 26.2 Å². The number of esters is 2. The molecule has 0 aliphatic heterocycles. The van der Waals surface area contributed by atoms with E-state index in [1.165, 1.54) is 35.3 Å².